The molecule has 3 aromatic rings. The molecule has 0 bridgehead atoms. The minimum atomic E-state index is -3.91. The molecule has 4 rings (SSSR count). The number of hydrogen-bond acceptors (Lipinski definition) is 4. The number of imidazole rings is 1. The van der Waals surface area contributed by atoms with Gasteiger partial charge in [0.05, 0.1) is 27.5 Å². The fourth-order valence-electron chi connectivity index (χ4n) is 3.83. The van der Waals surface area contributed by atoms with E-state index in [0.29, 0.717) is 46.5 Å². The third-order valence-electron chi connectivity index (χ3n) is 5.59. The highest BCUT2D eigenvalue weighted by molar-refractivity contribution is 9.10. The molecule has 1 aliphatic heterocycles. The third-order valence-corrected chi connectivity index (χ3v) is 8.58. The fraction of sp³-hybridized carbons (Fsp3) is 0.318. The van der Waals surface area contributed by atoms with Crippen LogP contribution in [0.3, 0.4) is 0 Å². The zero-order chi connectivity index (χ0) is 23.0. The molecule has 0 amide bonds. The summed E-state index contributed by atoms with van der Waals surface area (Å²) in [4.78, 5) is 7.41. The highest BCUT2D eigenvalue weighted by Crippen LogP contribution is 2.32. The Hall–Kier alpha value is -1.78. The Labute approximate surface area is 199 Å². The number of halogens is 3. The predicted octanol–water partition coefficient (Wildman–Crippen LogP) is 5.08. The van der Waals surface area contributed by atoms with Crippen LogP contribution in [-0.2, 0) is 10.0 Å². The molecule has 0 saturated carbocycles. The monoisotopic (exact) mass is 541 g/mol. The quantitative estimate of drug-likeness (QED) is 0.481. The number of nitrogens with one attached hydrogen (secondary N) is 1. The average Bonchev–Trinajstić information content (AvgIpc) is 3.16. The lowest BCUT2D eigenvalue weighted by Gasteiger charge is -2.22. The summed E-state index contributed by atoms with van der Waals surface area (Å²) in [6, 6.07) is 9.39. The molecule has 0 radical (unpaired) electrons. The summed E-state index contributed by atoms with van der Waals surface area (Å²) in [5.74, 6) is 0.269. The van der Waals surface area contributed by atoms with Gasteiger partial charge in [-0.2, -0.15) is 4.31 Å². The summed E-state index contributed by atoms with van der Waals surface area (Å²) in [6.45, 7) is 2.35. The van der Waals surface area contributed by atoms with Gasteiger partial charge in [0.2, 0.25) is 10.0 Å². The van der Waals surface area contributed by atoms with E-state index in [1.807, 2.05) is 6.92 Å². The van der Waals surface area contributed by atoms with Crippen molar-refractivity contribution in [1.82, 2.24) is 14.3 Å². The molecule has 10 heteroatoms. The molecular formula is C22H22BrClFN3O3S. The van der Waals surface area contributed by atoms with Gasteiger partial charge in [-0.1, -0.05) is 24.6 Å². The zero-order valence-electron chi connectivity index (χ0n) is 17.2. The van der Waals surface area contributed by atoms with E-state index in [4.69, 9.17) is 11.6 Å². The van der Waals surface area contributed by atoms with Gasteiger partial charge in [-0.15, -0.1) is 0 Å². The summed E-state index contributed by atoms with van der Waals surface area (Å²) >= 11 is 9.41. The van der Waals surface area contributed by atoms with Gasteiger partial charge in [0.15, 0.2) is 0 Å². The third kappa shape index (κ3) is 4.77. The second-order valence-electron chi connectivity index (χ2n) is 8.07. The summed E-state index contributed by atoms with van der Waals surface area (Å²) in [5.41, 5.74) is 1.73. The molecule has 1 saturated heterocycles. The van der Waals surface area contributed by atoms with E-state index in [-0.39, 0.29) is 22.4 Å². The fourth-order valence-corrected chi connectivity index (χ4v) is 6.07. The topological polar surface area (TPSA) is 86.3 Å². The molecule has 6 nitrogen and oxygen atoms in total. The van der Waals surface area contributed by atoms with Crippen LogP contribution in [-0.4, -0.2) is 47.0 Å². The first-order valence-electron chi connectivity index (χ1n) is 10.1. The van der Waals surface area contributed by atoms with E-state index in [9.17, 15) is 17.9 Å². The number of β-amino-alcohol motifs (C(OH)–C–C–N with tert-alkyl or cyclic N) is 1. The van der Waals surface area contributed by atoms with Gasteiger partial charge < -0.3 is 10.1 Å². The first-order valence-corrected chi connectivity index (χ1v) is 12.7. The highest BCUT2D eigenvalue weighted by atomic mass is 79.9. The van der Waals surface area contributed by atoms with Gasteiger partial charge in [0.25, 0.3) is 0 Å². The average molecular weight is 543 g/mol. The molecule has 2 heterocycles. The minimum absolute atomic E-state index is 0.0350. The van der Waals surface area contributed by atoms with E-state index >= 15 is 0 Å². The van der Waals surface area contributed by atoms with Crippen molar-refractivity contribution >= 4 is 37.6 Å². The second-order valence-corrected chi connectivity index (χ2v) is 11.2. The standard InChI is InChI=1S/C22H22BrClFN3O3S/c1-13-6-7-28(12-16(29)8-13)32(30,31)21-10-15(3-5-18(21)24)22-26-11-20(27-22)14-2-4-17(23)19(25)9-14/h2-5,9-11,13,16,29H,6-8,12H2,1H3,(H,26,27)/t13-,16-/m1/s1. The van der Waals surface area contributed by atoms with Crippen LogP contribution in [0.1, 0.15) is 19.8 Å². The molecule has 0 spiro atoms. The van der Waals surface area contributed by atoms with Crippen molar-refractivity contribution in [3.8, 4) is 22.6 Å². The summed E-state index contributed by atoms with van der Waals surface area (Å²) in [6.07, 6.45) is 2.07. The number of aromatic amines is 1. The predicted molar refractivity (Wildman–Crippen MR) is 125 cm³/mol. The molecule has 1 aliphatic rings. The van der Waals surface area contributed by atoms with Crippen LogP contribution in [0.5, 0.6) is 0 Å². The number of aliphatic hydroxyl groups is 1. The maximum absolute atomic E-state index is 13.9. The molecule has 1 fully saturated rings. The van der Waals surface area contributed by atoms with Gasteiger partial charge in [-0.05, 0) is 65.0 Å². The SMILES string of the molecule is C[C@@H]1CCN(S(=O)(=O)c2cc(-c3ncc(-c4ccc(Br)c(F)c4)[nH]3)ccc2Cl)C[C@H](O)C1. The summed E-state index contributed by atoms with van der Waals surface area (Å²) < 4.78 is 42.2. The maximum Gasteiger partial charge on any atom is 0.244 e. The van der Waals surface area contributed by atoms with Crippen molar-refractivity contribution in [2.24, 2.45) is 5.92 Å². The summed E-state index contributed by atoms with van der Waals surface area (Å²) in [5, 5.41) is 10.3. The lowest BCUT2D eigenvalue weighted by molar-refractivity contribution is 0.139. The van der Waals surface area contributed by atoms with Crippen LogP contribution < -0.4 is 0 Å². The normalized spacial score (nSPS) is 20.3. The van der Waals surface area contributed by atoms with E-state index in [1.54, 1.807) is 24.4 Å². The van der Waals surface area contributed by atoms with Crippen molar-refractivity contribution in [3.05, 3.63) is 57.9 Å². The number of aliphatic hydroxyl groups excluding tert-OH is 1. The van der Waals surface area contributed by atoms with Gasteiger partial charge >= 0.3 is 0 Å². The second kappa shape index (κ2) is 9.23. The first kappa shape index (κ1) is 23.4. The molecule has 2 N–H and O–H groups in total. The van der Waals surface area contributed by atoms with Crippen LogP contribution in [0.2, 0.25) is 5.02 Å². The van der Waals surface area contributed by atoms with Crippen LogP contribution in [0.15, 0.2) is 52.0 Å². The lowest BCUT2D eigenvalue weighted by Crippen LogP contribution is -2.36. The van der Waals surface area contributed by atoms with Crippen LogP contribution in [0, 0.1) is 11.7 Å². The smallest absolute Gasteiger partial charge is 0.244 e. The van der Waals surface area contributed by atoms with Crippen molar-refractivity contribution in [2.45, 2.75) is 30.8 Å². The molecule has 170 valence electrons. The molecule has 0 unspecified atom stereocenters. The van der Waals surface area contributed by atoms with Crippen molar-refractivity contribution in [3.63, 3.8) is 0 Å². The van der Waals surface area contributed by atoms with Crippen LogP contribution in [0.25, 0.3) is 22.6 Å². The Morgan fingerprint density at radius 3 is 2.75 bits per heavy atom. The van der Waals surface area contributed by atoms with Gasteiger partial charge in [-0.3, -0.25) is 0 Å². The molecule has 2 aromatic carbocycles. The first-order chi connectivity index (χ1) is 15.1. The molecule has 1 aromatic heterocycles. The van der Waals surface area contributed by atoms with Crippen molar-refractivity contribution in [1.29, 1.82) is 0 Å². The Morgan fingerprint density at radius 2 is 2.00 bits per heavy atom. The van der Waals surface area contributed by atoms with E-state index < -0.39 is 21.9 Å². The molecule has 32 heavy (non-hydrogen) atoms. The number of nitrogens with zero attached hydrogens (tertiary/aromatic N) is 2. The van der Waals surface area contributed by atoms with Crippen molar-refractivity contribution < 1.29 is 17.9 Å². The van der Waals surface area contributed by atoms with E-state index in [0.717, 1.165) is 0 Å². The number of benzene rings is 2. The van der Waals surface area contributed by atoms with E-state index in [1.165, 1.54) is 22.5 Å². The van der Waals surface area contributed by atoms with Crippen LogP contribution >= 0.6 is 27.5 Å². The van der Waals surface area contributed by atoms with Gasteiger partial charge in [-0.25, -0.2) is 17.8 Å². The highest BCUT2D eigenvalue weighted by Gasteiger charge is 2.32. The summed E-state index contributed by atoms with van der Waals surface area (Å²) in [7, 11) is -3.91. The molecule has 0 aliphatic carbocycles. The Morgan fingerprint density at radius 1 is 1.25 bits per heavy atom. The largest absolute Gasteiger partial charge is 0.392 e. The number of hydrogen-bond donors (Lipinski definition) is 2. The number of sulfonamides is 1. The van der Waals surface area contributed by atoms with E-state index in [2.05, 4.69) is 25.9 Å². The minimum Gasteiger partial charge on any atom is -0.392 e. The van der Waals surface area contributed by atoms with Crippen LogP contribution in [0.4, 0.5) is 4.39 Å². The number of H-pyrrole nitrogens is 1. The van der Waals surface area contributed by atoms with Gasteiger partial charge in [0.1, 0.15) is 16.5 Å². The zero-order valence-corrected chi connectivity index (χ0v) is 20.4. The van der Waals surface area contributed by atoms with Crippen molar-refractivity contribution in [2.75, 3.05) is 13.1 Å². The number of rotatable bonds is 4. The Balaban J connectivity index is 1.67. The molecular weight excluding hydrogens is 521 g/mol. The number of aromatic nitrogens is 2. The Bertz CT molecular complexity index is 1250. The molecule has 2 atom stereocenters. The maximum atomic E-state index is 13.9. The van der Waals surface area contributed by atoms with Gasteiger partial charge in [0, 0.05) is 24.2 Å². The lowest BCUT2D eigenvalue weighted by atomic mass is 10.0. The Kier molecular flexibility index (Phi) is 6.74.